The second-order valence-corrected chi connectivity index (χ2v) is 7.82. The first kappa shape index (κ1) is 22.0. The van der Waals surface area contributed by atoms with Gasteiger partial charge in [0.2, 0.25) is 17.5 Å². The van der Waals surface area contributed by atoms with Crippen LogP contribution in [0.4, 0.5) is 16.2 Å². The Morgan fingerprint density at radius 1 is 1.16 bits per heavy atom. The molecule has 3 rings (SSSR count). The van der Waals surface area contributed by atoms with E-state index < -0.39 is 29.1 Å². The van der Waals surface area contributed by atoms with Gasteiger partial charge in [-0.15, -0.1) is 0 Å². The van der Waals surface area contributed by atoms with Crippen molar-refractivity contribution in [2.24, 2.45) is 0 Å². The van der Waals surface area contributed by atoms with Gasteiger partial charge in [-0.3, -0.25) is 19.3 Å². The quantitative estimate of drug-likeness (QED) is 0.500. The summed E-state index contributed by atoms with van der Waals surface area (Å²) in [5, 5.41) is 12.3. The van der Waals surface area contributed by atoms with Crippen LogP contribution in [0.15, 0.2) is 36.4 Å². The zero-order chi connectivity index (χ0) is 23.1. The molecule has 0 spiro atoms. The number of carbonyl (C=O) groups excluding carboxylic acids is 3. The number of anilines is 2. The molecule has 8 heteroatoms. The predicted octanol–water partition coefficient (Wildman–Crippen LogP) is 3.31. The first-order chi connectivity index (χ1) is 14.6. The molecule has 4 N–H and O–H groups in total. The van der Waals surface area contributed by atoms with Gasteiger partial charge < -0.3 is 16.2 Å². The number of Topliss-reactive ketones (excluding diaryl/α,β-unsaturated/α-hetero) is 2. The summed E-state index contributed by atoms with van der Waals surface area (Å²) in [6, 6.07) is 9.47. The van der Waals surface area contributed by atoms with Crippen molar-refractivity contribution in [2.75, 3.05) is 17.2 Å². The van der Waals surface area contributed by atoms with Gasteiger partial charge in [-0.25, -0.2) is 4.79 Å². The number of nitrogens with one attached hydrogen (secondary N) is 1. The Hall–Kier alpha value is -3.68. The molecule has 0 radical (unpaired) electrons. The lowest BCUT2D eigenvalue weighted by Crippen LogP contribution is -2.54. The van der Waals surface area contributed by atoms with Crippen molar-refractivity contribution in [3.8, 4) is 0 Å². The molecule has 1 unspecified atom stereocenters. The Bertz CT molecular complexity index is 1110. The molecule has 8 nitrogen and oxygen atoms in total. The molecule has 2 aromatic carbocycles. The third-order valence-electron chi connectivity index (χ3n) is 5.54. The van der Waals surface area contributed by atoms with Crippen molar-refractivity contribution < 1.29 is 24.3 Å². The number of carboxylic acid groups (broad SMARTS) is 1. The van der Waals surface area contributed by atoms with Crippen molar-refractivity contribution in [3.63, 3.8) is 0 Å². The molecule has 162 valence electrons. The molecule has 0 aromatic heterocycles. The van der Waals surface area contributed by atoms with E-state index in [-0.39, 0.29) is 40.5 Å². The van der Waals surface area contributed by atoms with E-state index in [1.165, 1.54) is 19.1 Å². The molecule has 0 fully saturated rings. The van der Waals surface area contributed by atoms with Crippen LogP contribution in [0, 0.1) is 0 Å². The average molecular weight is 423 g/mol. The lowest BCUT2D eigenvalue weighted by Gasteiger charge is -2.32. The Morgan fingerprint density at radius 2 is 1.84 bits per heavy atom. The highest BCUT2D eigenvalue weighted by Crippen LogP contribution is 2.44. The van der Waals surface area contributed by atoms with E-state index in [4.69, 9.17) is 5.73 Å². The van der Waals surface area contributed by atoms with E-state index in [0.29, 0.717) is 0 Å². The molecule has 0 bridgehead atoms. The minimum Gasteiger partial charge on any atom is -0.465 e. The highest BCUT2D eigenvalue weighted by molar-refractivity contribution is 6.35. The Kier molecular flexibility index (Phi) is 5.59. The number of nitrogens with zero attached hydrogens (tertiary/aromatic N) is 1. The number of benzene rings is 2. The van der Waals surface area contributed by atoms with Crippen molar-refractivity contribution in [2.45, 2.75) is 39.2 Å². The first-order valence-corrected chi connectivity index (χ1v) is 9.97. The Balaban J connectivity index is 2.39. The lowest BCUT2D eigenvalue weighted by atomic mass is 9.82. The monoisotopic (exact) mass is 423 g/mol. The van der Waals surface area contributed by atoms with Crippen LogP contribution in [-0.4, -0.2) is 35.2 Å². The second-order valence-electron chi connectivity index (χ2n) is 7.82. The highest BCUT2D eigenvalue weighted by atomic mass is 16.4. The number of carbonyl (C=O) groups is 4. The van der Waals surface area contributed by atoms with Gasteiger partial charge in [0.1, 0.15) is 0 Å². The number of hydrogen-bond donors (Lipinski definition) is 3. The van der Waals surface area contributed by atoms with E-state index in [1.54, 1.807) is 31.2 Å². The zero-order valence-corrected chi connectivity index (χ0v) is 17.9. The fourth-order valence-corrected chi connectivity index (χ4v) is 4.05. The summed E-state index contributed by atoms with van der Waals surface area (Å²) >= 11 is 0. The van der Waals surface area contributed by atoms with Gasteiger partial charge in [-0.05, 0) is 30.5 Å². The second kappa shape index (κ2) is 7.86. The molecular weight excluding hydrogens is 398 g/mol. The van der Waals surface area contributed by atoms with Crippen LogP contribution < -0.4 is 16.0 Å². The van der Waals surface area contributed by atoms with Crippen LogP contribution in [0.3, 0.4) is 0 Å². The summed E-state index contributed by atoms with van der Waals surface area (Å²) in [4.78, 5) is 52.5. The number of ketones is 2. The Labute approximate surface area is 180 Å². The van der Waals surface area contributed by atoms with E-state index in [2.05, 4.69) is 5.32 Å². The average Bonchev–Trinajstić information content (AvgIpc) is 2.91. The third-order valence-corrected chi connectivity index (χ3v) is 5.54. The third kappa shape index (κ3) is 3.34. The maximum Gasteiger partial charge on any atom is 0.411 e. The van der Waals surface area contributed by atoms with Crippen molar-refractivity contribution in [1.82, 2.24) is 5.32 Å². The largest absolute Gasteiger partial charge is 0.465 e. The smallest absolute Gasteiger partial charge is 0.411 e. The summed E-state index contributed by atoms with van der Waals surface area (Å²) in [7, 11) is 0. The number of nitrogen functional groups attached to an aromatic ring is 1. The molecule has 0 saturated carbocycles. The summed E-state index contributed by atoms with van der Waals surface area (Å²) in [5.74, 6) is -1.86. The van der Waals surface area contributed by atoms with Crippen LogP contribution >= 0.6 is 0 Å². The number of nitrogens with two attached hydrogens (primary N) is 1. The van der Waals surface area contributed by atoms with E-state index in [1.807, 2.05) is 13.8 Å². The molecule has 0 saturated heterocycles. The fraction of sp³-hybridized carbons (Fsp3) is 0.304. The number of fused-ring (bicyclic) bond motifs is 1. The van der Waals surface area contributed by atoms with Crippen LogP contribution in [0.25, 0.3) is 0 Å². The van der Waals surface area contributed by atoms with Gasteiger partial charge in [0, 0.05) is 30.3 Å². The highest BCUT2D eigenvalue weighted by Gasteiger charge is 2.57. The number of rotatable bonds is 5. The van der Waals surface area contributed by atoms with Crippen molar-refractivity contribution in [1.29, 1.82) is 0 Å². The van der Waals surface area contributed by atoms with E-state index in [0.717, 1.165) is 10.5 Å². The number of amides is 2. The molecule has 1 aliphatic carbocycles. The zero-order valence-electron chi connectivity index (χ0n) is 17.9. The van der Waals surface area contributed by atoms with Gasteiger partial charge in [0.25, 0.3) is 0 Å². The molecule has 2 amide bonds. The molecule has 1 atom stereocenters. The van der Waals surface area contributed by atoms with Gasteiger partial charge in [-0.1, -0.05) is 38.1 Å². The molecule has 0 aliphatic heterocycles. The predicted molar refractivity (Wildman–Crippen MR) is 117 cm³/mol. The molecule has 0 heterocycles. The van der Waals surface area contributed by atoms with E-state index in [9.17, 15) is 24.3 Å². The number of hydrogen-bond acceptors (Lipinski definition) is 5. The SMILES string of the molecule is CCN(C(=O)O)c1cc(C(C)C)ccc1C1(NC(C)=O)C(=O)c2cccc(N)c2C1=O. The summed E-state index contributed by atoms with van der Waals surface area (Å²) in [5.41, 5.74) is 5.23. The van der Waals surface area contributed by atoms with Gasteiger partial charge >= 0.3 is 6.09 Å². The summed E-state index contributed by atoms with van der Waals surface area (Å²) in [6.07, 6.45) is -1.24. The van der Waals surface area contributed by atoms with Crippen molar-refractivity contribution >= 4 is 34.9 Å². The Morgan fingerprint density at radius 3 is 2.35 bits per heavy atom. The first-order valence-electron chi connectivity index (χ1n) is 9.97. The van der Waals surface area contributed by atoms with Gasteiger partial charge in [0.15, 0.2) is 5.54 Å². The van der Waals surface area contributed by atoms with Crippen LogP contribution in [0.5, 0.6) is 0 Å². The fourth-order valence-electron chi connectivity index (χ4n) is 4.05. The standard InChI is InChI=1S/C23H25N3O5/c1-5-26(22(30)31)18-11-14(12(2)3)9-10-16(18)23(25-13(4)27)20(28)15-7-6-8-17(24)19(15)21(23)29/h6-12H,5,24H2,1-4H3,(H,25,27)(H,30,31). The molecule has 2 aromatic rings. The van der Waals surface area contributed by atoms with Gasteiger partial charge in [0.05, 0.1) is 11.3 Å². The molecule has 1 aliphatic rings. The minimum absolute atomic E-state index is 0.0264. The van der Waals surface area contributed by atoms with Crippen LogP contribution in [-0.2, 0) is 10.3 Å². The van der Waals surface area contributed by atoms with Crippen molar-refractivity contribution in [3.05, 3.63) is 58.7 Å². The topological polar surface area (TPSA) is 130 Å². The maximum atomic E-state index is 13.7. The molecule has 31 heavy (non-hydrogen) atoms. The lowest BCUT2D eigenvalue weighted by molar-refractivity contribution is -0.120. The summed E-state index contributed by atoms with van der Waals surface area (Å²) in [6.45, 7) is 6.82. The van der Waals surface area contributed by atoms with Crippen LogP contribution in [0.2, 0.25) is 0 Å². The van der Waals surface area contributed by atoms with Crippen LogP contribution in [0.1, 0.15) is 65.5 Å². The maximum absolute atomic E-state index is 13.7. The normalized spacial score (nSPS) is 17.6. The van der Waals surface area contributed by atoms with E-state index >= 15 is 0 Å². The summed E-state index contributed by atoms with van der Waals surface area (Å²) < 4.78 is 0. The van der Waals surface area contributed by atoms with Gasteiger partial charge in [-0.2, -0.15) is 0 Å². The molecular formula is C23H25N3O5. The minimum atomic E-state index is -2.10.